The van der Waals surface area contributed by atoms with Crippen molar-refractivity contribution >= 4 is 16.0 Å². The normalized spacial score (nSPS) is 13.3. The molecule has 108 valence electrons. The largest absolute Gasteiger partial charge is 0.477 e. The van der Waals surface area contributed by atoms with Crippen LogP contribution in [-0.4, -0.2) is 44.7 Å². The molecule has 0 aliphatic rings. The number of carboxylic acids is 1. The van der Waals surface area contributed by atoms with Crippen LogP contribution in [0.15, 0.2) is 17.2 Å². The van der Waals surface area contributed by atoms with Gasteiger partial charge in [-0.25, -0.2) is 17.9 Å². The number of sulfonamides is 1. The summed E-state index contributed by atoms with van der Waals surface area (Å²) in [7, 11) is -2.43. The highest BCUT2D eigenvalue weighted by Gasteiger charge is 2.24. The molecule has 0 aliphatic heterocycles. The number of nitrogens with one attached hydrogen (secondary N) is 2. The average Bonchev–Trinajstić information content (AvgIpc) is 2.96. The van der Waals surface area contributed by atoms with Crippen molar-refractivity contribution in [3.63, 3.8) is 0 Å². The van der Waals surface area contributed by atoms with E-state index < -0.39 is 22.0 Å². The van der Waals surface area contributed by atoms with Crippen molar-refractivity contribution in [2.24, 2.45) is 7.05 Å². The Labute approximate surface area is 113 Å². The smallest absolute Gasteiger partial charge is 0.352 e. The van der Waals surface area contributed by atoms with Gasteiger partial charge in [-0.05, 0) is 13.0 Å². The molecule has 0 spiro atoms. The summed E-state index contributed by atoms with van der Waals surface area (Å²) in [5.74, 6) is -1.02. The van der Waals surface area contributed by atoms with Gasteiger partial charge in [0.2, 0.25) is 10.0 Å². The molecule has 0 radical (unpaired) electrons. The highest BCUT2D eigenvalue weighted by Crippen LogP contribution is 2.16. The van der Waals surface area contributed by atoms with Crippen LogP contribution < -0.4 is 4.72 Å². The summed E-state index contributed by atoms with van der Waals surface area (Å²) in [6, 6.07) is 0.375. The number of hydrogen-bond acceptors (Lipinski definition) is 6. The number of H-pyrrole nitrogens is 1. The lowest BCUT2D eigenvalue weighted by Crippen LogP contribution is -2.27. The van der Waals surface area contributed by atoms with Gasteiger partial charge in [0.05, 0.1) is 6.04 Å². The molecule has 2 rings (SSSR count). The third kappa shape index (κ3) is 2.67. The van der Waals surface area contributed by atoms with Crippen LogP contribution in [0.3, 0.4) is 0 Å². The second-order valence-corrected chi connectivity index (χ2v) is 5.80. The minimum absolute atomic E-state index is 0.127. The van der Waals surface area contributed by atoms with Crippen molar-refractivity contribution in [3.8, 4) is 0 Å². The molecule has 0 aliphatic carbocycles. The number of rotatable bonds is 5. The highest BCUT2D eigenvalue weighted by atomic mass is 32.2. The fourth-order valence-corrected chi connectivity index (χ4v) is 2.87. The molecular weight excluding hydrogens is 288 g/mol. The molecule has 0 saturated carbocycles. The maximum absolute atomic E-state index is 12.1. The molecule has 11 heteroatoms. The Morgan fingerprint density at radius 2 is 2.25 bits per heavy atom. The molecule has 0 aromatic carbocycles. The van der Waals surface area contributed by atoms with Gasteiger partial charge in [0, 0.05) is 13.2 Å². The maximum atomic E-state index is 12.1. The lowest BCUT2D eigenvalue weighted by atomic mass is 10.4. The summed E-state index contributed by atoms with van der Waals surface area (Å²) in [6.07, 6.45) is 1.22. The monoisotopic (exact) mass is 300 g/mol. The number of aromatic amines is 1. The summed E-state index contributed by atoms with van der Waals surface area (Å²) in [6.45, 7) is 1.55. The first-order valence-corrected chi connectivity index (χ1v) is 6.95. The standard InChI is InChI=1S/C9H12N6O4S/c1-5(8-10-13-14-11-8)12-20(18,19)6-3-7(9(16)17)15(2)4-6/h3-5,12H,1-2H3,(H,16,17)(H,10,11,13,14). The molecule has 0 saturated heterocycles. The number of aromatic carboxylic acids is 1. The first kappa shape index (κ1) is 14.1. The third-order valence-corrected chi connectivity index (χ3v) is 4.10. The predicted molar refractivity (Wildman–Crippen MR) is 65.3 cm³/mol. The Morgan fingerprint density at radius 1 is 1.55 bits per heavy atom. The first-order valence-electron chi connectivity index (χ1n) is 5.46. The van der Waals surface area contributed by atoms with Crippen LogP contribution >= 0.6 is 0 Å². The van der Waals surface area contributed by atoms with Gasteiger partial charge < -0.3 is 9.67 Å². The van der Waals surface area contributed by atoms with Crippen molar-refractivity contribution in [2.75, 3.05) is 0 Å². The van der Waals surface area contributed by atoms with Crippen LogP contribution in [0, 0.1) is 0 Å². The van der Waals surface area contributed by atoms with Gasteiger partial charge >= 0.3 is 5.97 Å². The quantitative estimate of drug-likeness (QED) is 0.660. The van der Waals surface area contributed by atoms with E-state index in [0.717, 1.165) is 6.07 Å². The summed E-state index contributed by atoms with van der Waals surface area (Å²) in [5, 5.41) is 21.8. The van der Waals surface area contributed by atoms with E-state index in [0.29, 0.717) is 0 Å². The number of aryl methyl sites for hydroxylation is 1. The topological polar surface area (TPSA) is 143 Å². The van der Waals surface area contributed by atoms with E-state index in [1.165, 1.54) is 17.8 Å². The van der Waals surface area contributed by atoms with Crippen LogP contribution in [0.2, 0.25) is 0 Å². The van der Waals surface area contributed by atoms with Gasteiger partial charge in [-0.3, -0.25) is 0 Å². The van der Waals surface area contributed by atoms with Crippen LogP contribution in [-0.2, 0) is 17.1 Å². The molecule has 2 heterocycles. The van der Waals surface area contributed by atoms with Crippen LogP contribution in [0.4, 0.5) is 0 Å². The fourth-order valence-electron chi connectivity index (χ4n) is 1.60. The van der Waals surface area contributed by atoms with Gasteiger partial charge in [0.25, 0.3) is 0 Å². The van der Waals surface area contributed by atoms with Gasteiger partial charge in [-0.15, -0.1) is 10.2 Å². The zero-order valence-corrected chi connectivity index (χ0v) is 11.4. The van der Waals surface area contributed by atoms with E-state index in [2.05, 4.69) is 25.3 Å². The Kier molecular flexibility index (Phi) is 3.55. The molecule has 20 heavy (non-hydrogen) atoms. The molecule has 2 aromatic rings. The van der Waals surface area contributed by atoms with E-state index in [1.807, 2.05) is 0 Å². The van der Waals surface area contributed by atoms with Crippen LogP contribution in [0.1, 0.15) is 29.3 Å². The Hall–Kier alpha value is -2.27. The Bertz CT molecular complexity index is 720. The lowest BCUT2D eigenvalue weighted by molar-refractivity contribution is 0.0686. The number of hydrogen-bond donors (Lipinski definition) is 3. The number of carbonyl (C=O) groups is 1. The number of aromatic nitrogens is 5. The Morgan fingerprint density at radius 3 is 2.75 bits per heavy atom. The highest BCUT2D eigenvalue weighted by molar-refractivity contribution is 7.89. The van der Waals surface area contributed by atoms with E-state index in [-0.39, 0.29) is 16.4 Å². The molecule has 2 aromatic heterocycles. The minimum atomic E-state index is -3.88. The SMILES string of the molecule is CC(NS(=O)(=O)c1cc(C(=O)O)n(C)c1)c1nn[nH]n1. The number of tetrazole rings is 1. The minimum Gasteiger partial charge on any atom is -0.477 e. The molecule has 3 N–H and O–H groups in total. The number of nitrogens with zero attached hydrogens (tertiary/aromatic N) is 4. The summed E-state index contributed by atoms with van der Waals surface area (Å²) >= 11 is 0. The lowest BCUT2D eigenvalue weighted by Gasteiger charge is -2.09. The van der Waals surface area contributed by atoms with Crippen LogP contribution in [0.25, 0.3) is 0 Å². The maximum Gasteiger partial charge on any atom is 0.352 e. The molecular formula is C9H12N6O4S. The van der Waals surface area contributed by atoms with Crippen molar-refractivity contribution in [1.29, 1.82) is 0 Å². The zero-order valence-electron chi connectivity index (χ0n) is 10.6. The van der Waals surface area contributed by atoms with Crippen molar-refractivity contribution < 1.29 is 18.3 Å². The van der Waals surface area contributed by atoms with Crippen molar-refractivity contribution in [3.05, 3.63) is 23.8 Å². The molecule has 10 nitrogen and oxygen atoms in total. The fraction of sp³-hybridized carbons (Fsp3) is 0.333. The Balaban J connectivity index is 2.27. The second-order valence-electron chi connectivity index (χ2n) is 4.09. The molecule has 1 atom stereocenters. The zero-order chi connectivity index (χ0) is 14.9. The predicted octanol–water partition coefficient (Wildman–Crippen LogP) is -0.724. The van der Waals surface area contributed by atoms with Gasteiger partial charge in [0.15, 0.2) is 5.82 Å². The van der Waals surface area contributed by atoms with Gasteiger partial charge in [-0.2, -0.15) is 5.21 Å². The molecule has 0 bridgehead atoms. The number of carboxylic acid groups (broad SMARTS) is 1. The van der Waals surface area contributed by atoms with E-state index in [1.54, 1.807) is 6.92 Å². The van der Waals surface area contributed by atoms with E-state index in [4.69, 9.17) is 5.11 Å². The second kappa shape index (κ2) is 5.02. The summed E-state index contributed by atoms with van der Waals surface area (Å²) < 4.78 is 27.8. The molecule has 0 amide bonds. The van der Waals surface area contributed by atoms with Crippen molar-refractivity contribution in [2.45, 2.75) is 17.9 Å². The summed E-state index contributed by atoms with van der Waals surface area (Å²) in [5.41, 5.74) is -0.127. The van der Waals surface area contributed by atoms with E-state index in [9.17, 15) is 13.2 Å². The molecule has 0 fully saturated rings. The van der Waals surface area contributed by atoms with Crippen LogP contribution in [0.5, 0.6) is 0 Å². The molecule has 1 unspecified atom stereocenters. The average molecular weight is 300 g/mol. The van der Waals surface area contributed by atoms with E-state index >= 15 is 0 Å². The first-order chi connectivity index (χ1) is 9.31. The van der Waals surface area contributed by atoms with Crippen molar-refractivity contribution in [1.82, 2.24) is 29.9 Å². The van der Waals surface area contributed by atoms with Gasteiger partial charge in [-0.1, -0.05) is 5.21 Å². The third-order valence-electron chi connectivity index (χ3n) is 2.59. The van der Waals surface area contributed by atoms with Gasteiger partial charge in [0.1, 0.15) is 10.6 Å². The summed E-state index contributed by atoms with van der Waals surface area (Å²) in [4.78, 5) is 10.8.